The number of rotatable bonds is 4. The van der Waals surface area contributed by atoms with E-state index in [1.807, 2.05) is 5.32 Å². The lowest BCUT2D eigenvalue weighted by Gasteiger charge is -2.33. The molecule has 1 aromatic rings. The lowest BCUT2D eigenvalue weighted by molar-refractivity contribution is -0.715. The van der Waals surface area contributed by atoms with Gasteiger partial charge in [-0.25, -0.2) is 13.2 Å². The predicted octanol–water partition coefficient (Wildman–Crippen LogP) is 2.82. The van der Waals surface area contributed by atoms with Crippen molar-refractivity contribution in [2.75, 3.05) is 5.32 Å². The molecule has 1 fully saturated rings. The lowest BCUT2D eigenvalue weighted by atomic mass is 9.78. The molecular weight excluding hydrogens is 305 g/mol. The SMILES string of the molecule is C[C@@H]1[C@H](C)CCC[C@H]1[NH2+][C@@H](C)C(=O)Nc1ccc(F)c(F)c1F. The minimum Gasteiger partial charge on any atom is -0.334 e. The standard InChI is InChI=1S/C17H23F3N2O/c1-9-5-4-6-13(10(9)2)21-11(3)17(23)22-14-8-7-12(18)15(19)16(14)20/h7-11,13,21H,4-6H2,1-3H3,(H,22,23)/p+1/t9-,10-,11+,13-/m1/s1. The molecule has 0 unspecified atom stereocenters. The van der Waals surface area contributed by atoms with Crippen LogP contribution in [0.25, 0.3) is 0 Å². The Morgan fingerprint density at radius 3 is 2.61 bits per heavy atom. The zero-order valence-electron chi connectivity index (χ0n) is 13.7. The summed E-state index contributed by atoms with van der Waals surface area (Å²) in [6, 6.07) is 1.74. The monoisotopic (exact) mass is 329 g/mol. The van der Waals surface area contributed by atoms with Crippen molar-refractivity contribution >= 4 is 11.6 Å². The number of quaternary nitrogens is 1. The maximum atomic E-state index is 13.6. The molecule has 1 saturated carbocycles. The third kappa shape index (κ3) is 4.05. The minimum absolute atomic E-state index is 0.334. The number of nitrogens with one attached hydrogen (secondary N) is 1. The van der Waals surface area contributed by atoms with Crippen LogP contribution in [-0.4, -0.2) is 18.0 Å². The fraction of sp³-hybridized carbons (Fsp3) is 0.588. The van der Waals surface area contributed by atoms with Gasteiger partial charge in [-0.1, -0.05) is 13.8 Å². The number of carbonyl (C=O) groups excluding carboxylic acids is 1. The van der Waals surface area contributed by atoms with Gasteiger partial charge in [-0.2, -0.15) is 0 Å². The highest BCUT2D eigenvalue weighted by atomic mass is 19.2. The summed E-state index contributed by atoms with van der Waals surface area (Å²) in [5, 5.41) is 4.34. The van der Waals surface area contributed by atoms with Crippen LogP contribution in [0.15, 0.2) is 12.1 Å². The van der Waals surface area contributed by atoms with Crippen LogP contribution < -0.4 is 10.6 Å². The molecule has 0 aliphatic heterocycles. The molecule has 0 saturated heterocycles. The van der Waals surface area contributed by atoms with Crippen molar-refractivity contribution in [3.8, 4) is 0 Å². The highest BCUT2D eigenvalue weighted by molar-refractivity contribution is 5.93. The Hall–Kier alpha value is -1.56. The Kier molecular flexibility index (Phi) is 5.68. The second kappa shape index (κ2) is 7.34. The molecule has 3 N–H and O–H groups in total. The van der Waals surface area contributed by atoms with Crippen molar-refractivity contribution in [2.24, 2.45) is 11.8 Å². The summed E-state index contributed by atoms with van der Waals surface area (Å²) < 4.78 is 39.7. The lowest BCUT2D eigenvalue weighted by Crippen LogP contribution is -2.97. The van der Waals surface area contributed by atoms with Crippen molar-refractivity contribution in [3.05, 3.63) is 29.6 Å². The fourth-order valence-corrected chi connectivity index (χ4v) is 3.22. The number of anilines is 1. The summed E-state index contributed by atoms with van der Waals surface area (Å²) in [4.78, 5) is 12.2. The van der Waals surface area contributed by atoms with Gasteiger partial charge >= 0.3 is 0 Å². The van der Waals surface area contributed by atoms with E-state index in [-0.39, 0.29) is 5.69 Å². The Labute approximate surface area is 134 Å². The van der Waals surface area contributed by atoms with Crippen LogP contribution in [-0.2, 0) is 4.79 Å². The number of benzene rings is 1. The van der Waals surface area contributed by atoms with Crippen LogP contribution in [0, 0.1) is 29.3 Å². The van der Waals surface area contributed by atoms with Gasteiger partial charge in [0.25, 0.3) is 5.91 Å². The van der Waals surface area contributed by atoms with E-state index in [0.717, 1.165) is 25.0 Å². The molecule has 1 aromatic carbocycles. The van der Waals surface area contributed by atoms with E-state index in [4.69, 9.17) is 0 Å². The number of nitrogens with two attached hydrogens (primary N) is 1. The molecule has 23 heavy (non-hydrogen) atoms. The normalized spacial score (nSPS) is 25.9. The molecule has 4 atom stereocenters. The van der Waals surface area contributed by atoms with Gasteiger partial charge in [0, 0.05) is 5.92 Å². The Balaban J connectivity index is 1.99. The van der Waals surface area contributed by atoms with Crippen LogP contribution in [0.4, 0.5) is 18.9 Å². The first kappa shape index (κ1) is 17.8. The molecule has 1 aliphatic carbocycles. The van der Waals surface area contributed by atoms with Gasteiger partial charge in [-0.15, -0.1) is 0 Å². The molecule has 0 aromatic heterocycles. The van der Waals surface area contributed by atoms with E-state index >= 15 is 0 Å². The fourth-order valence-electron chi connectivity index (χ4n) is 3.22. The topological polar surface area (TPSA) is 45.7 Å². The zero-order valence-corrected chi connectivity index (χ0v) is 13.7. The number of amides is 1. The first-order chi connectivity index (χ1) is 10.8. The first-order valence-electron chi connectivity index (χ1n) is 8.10. The molecule has 128 valence electrons. The van der Waals surface area contributed by atoms with Crippen LogP contribution in [0.5, 0.6) is 0 Å². The third-order valence-corrected chi connectivity index (χ3v) is 5.01. The van der Waals surface area contributed by atoms with E-state index in [0.29, 0.717) is 17.9 Å². The zero-order chi connectivity index (χ0) is 17.1. The van der Waals surface area contributed by atoms with E-state index in [2.05, 4.69) is 19.2 Å². The van der Waals surface area contributed by atoms with Crippen LogP contribution in [0.3, 0.4) is 0 Å². The molecule has 3 nitrogen and oxygen atoms in total. The molecule has 0 radical (unpaired) electrons. The van der Waals surface area contributed by atoms with Gasteiger partial charge in [-0.05, 0) is 44.2 Å². The molecule has 2 rings (SSSR count). The number of halogens is 3. The van der Waals surface area contributed by atoms with Gasteiger partial charge < -0.3 is 10.6 Å². The van der Waals surface area contributed by atoms with Gasteiger partial charge in [0.05, 0.1) is 11.7 Å². The Morgan fingerprint density at radius 2 is 1.91 bits per heavy atom. The molecule has 0 heterocycles. The minimum atomic E-state index is -1.57. The van der Waals surface area contributed by atoms with E-state index in [9.17, 15) is 18.0 Å². The van der Waals surface area contributed by atoms with E-state index < -0.39 is 29.4 Å². The maximum absolute atomic E-state index is 13.6. The Morgan fingerprint density at radius 1 is 1.22 bits per heavy atom. The average molecular weight is 329 g/mol. The average Bonchev–Trinajstić information content (AvgIpc) is 2.52. The molecule has 1 amide bonds. The number of carbonyl (C=O) groups is 1. The van der Waals surface area contributed by atoms with Gasteiger partial charge in [-0.3, -0.25) is 4.79 Å². The second-order valence-corrected chi connectivity index (χ2v) is 6.62. The summed E-state index contributed by atoms with van der Waals surface area (Å²) in [6.07, 6.45) is 3.38. The van der Waals surface area contributed by atoms with Gasteiger partial charge in [0.15, 0.2) is 23.5 Å². The molecule has 0 spiro atoms. The molecule has 1 aliphatic rings. The summed E-state index contributed by atoms with van der Waals surface area (Å²) >= 11 is 0. The number of hydrogen-bond donors (Lipinski definition) is 2. The van der Waals surface area contributed by atoms with Crippen molar-refractivity contribution in [3.63, 3.8) is 0 Å². The predicted molar refractivity (Wildman–Crippen MR) is 82.3 cm³/mol. The summed E-state index contributed by atoms with van der Waals surface area (Å²) in [5.74, 6) is -3.52. The van der Waals surface area contributed by atoms with Gasteiger partial charge in [0.2, 0.25) is 0 Å². The Bertz CT molecular complexity index is 579. The summed E-state index contributed by atoms with van der Waals surface area (Å²) in [5.41, 5.74) is -0.334. The summed E-state index contributed by atoms with van der Waals surface area (Å²) in [6.45, 7) is 6.13. The second-order valence-electron chi connectivity index (χ2n) is 6.62. The summed E-state index contributed by atoms with van der Waals surface area (Å²) in [7, 11) is 0. The largest absolute Gasteiger partial charge is 0.334 e. The number of hydrogen-bond acceptors (Lipinski definition) is 1. The van der Waals surface area contributed by atoms with Crippen molar-refractivity contribution in [1.82, 2.24) is 0 Å². The highest BCUT2D eigenvalue weighted by Gasteiger charge is 2.32. The first-order valence-corrected chi connectivity index (χ1v) is 8.10. The van der Waals surface area contributed by atoms with Crippen molar-refractivity contribution in [2.45, 2.75) is 52.1 Å². The molecular formula is C17H24F3N2O+. The maximum Gasteiger partial charge on any atom is 0.282 e. The van der Waals surface area contributed by atoms with Crippen LogP contribution in [0.1, 0.15) is 40.0 Å². The van der Waals surface area contributed by atoms with E-state index in [1.54, 1.807) is 6.92 Å². The quantitative estimate of drug-likeness (QED) is 0.820. The van der Waals surface area contributed by atoms with Crippen LogP contribution in [0.2, 0.25) is 0 Å². The molecule has 0 bridgehead atoms. The smallest absolute Gasteiger partial charge is 0.282 e. The van der Waals surface area contributed by atoms with Gasteiger partial charge in [0.1, 0.15) is 0 Å². The van der Waals surface area contributed by atoms with Crippen molar-refractivity contribution < 1.29 is 23.3 Å². The highest BCUT2D eigenvalue weighted by Crippen LogP contribution is 2.27. The van der Waals surface area contributed by atoms with Crippen molar-refractivity contribution in [1.29, 1.82) is 0 Å². The molecule has 6 heteroatoms. The van der Waals surface area contributed by atoms with Crippen LogP contribution >= 0.6 is 0 Å². The van der Waals surface area contributed by atoms with E-state index in [1.165, 1.54) is 6.42 Å². The third-order valence-electron chi connectivity index (χ3n) is 5.01.